The van der Waals surface area contributed by atoms with E-state index in [0.717, 1.165) is 5.75 Å². The Kier molecular flexibility index (Phi) is 6.42. The lowest BCUT2D eigenvalue weighted by Gasteiger charge is -2.10. The minimum atomic E-state index is -0.987. The molecule has 1 aromatic rings. The minimum absolute atomic E-state index is 0.434. The van der Waals surface area contributed by atoms with Gasteiger partial charge in [0.05, 0.1) is 0 Å². The van der Waals surface area contributed by atoms with Crippen LogP contribution in [0.4, 0.5) is 0 Å². The maximum absolute atomic E-state index is 10.8. The molecule has 0 saturated carbocycles. The monoisotopic (exact) mass is 281 g/mol. The first kappa shape index (κ1) is 15.6. The number of hydrogen-bond acceptors (Lipinski definition) is 3. The number of thioether (sulfide) groups is 1. The van der Waals surface area contributed by atoms with E-state index in [2.05, 4.69) is 37.4 Å². The van der Waals surface area contributed by atoms with Crippen LogP contribution in [-0.2, 0) is 15.3 Å². The van der Waals surface area contributed by atoms with Crippen molar-refractivity contribution in [3.63, 3.8) is 0 Å². The van der Waals surface area contributed by atoms with Crippen LogP contribution in [0.1, 0.15) is 23.1 Å². The first-order chi connectivity index (χ1) is 9.04. The van der Waals surface area contributed by atoms with Gasteiger partial charge in [-0.1, -0.05) is 18.2 Å². The summed E-state index contributed by atoms with van der Waals surface area (Å²) in [5.41, 5.74) is 3.78. The highest BCUT2D eigenvalue weighted by Gasteiger charge is 2.15. The molecule has 0 radical (unpaired) electrons. The normalized spacial score (nSPS) is 11.9. The summed E-state index contributed by atoms with van der Waals surface area (Å²) < 4.78 is 0. The molecule has 1 amide bonds. The van der Waals surface area contributed by atoms with Crippen LogP contribution in [0, 0.1) is 13.8 Å². The average Bonchev–Trinajstić information content (AvgIpc) is 2.37. The second kappa shape index (κ2) is 7.84. The molecule has 2 N–H and O–H groups in total. The van der Waals surface area contributed by atoms with Crippen molar-refractivity contribution < 1.29 is 14.7 Å². The lowest BCUT2D eigenvalue weighted by molar-refractivity contribution is -0.140. The zero-order valence-corrected chi connectivity index (χ0v) is 12.0. The highest BCUT2D eigenvalue weighted by atomic mass is 32.2. The largest absolute Gasteiger partial charge is 0.480 e. The van der Waals surface area contributed by atoms with Gasteiger partial charge in [0.25, 0.3) is 0 Å². The Bertz CT molecular complexity index is 448. The van der Waals surface area contributed by atoms with Gasteiger partial charge in [0.1, 0.15) is 6.04 Å². The molecule has 1 aromatic carbocycles. The number of aryl methyl sites for hydroxylation is 2. The van der Waals surface area contributed by atoms with Gasteiger partial charge in [-0.3, -0.25) is 4.79 Å². The number of amides is 1. The van der Waals surface area contributed by atoms with Gasteiger partial charge in [-0.25, -0.2) is 4.79 Å². The van der Waals surface area contributed by atoms with Crippen molar-refractivity contribution in [2.24, 2.45) is 0 Å². The van der Waals surface area contributed by atoms with Crippen LogP contribution in [0.15, 0.2) is 18.2 Å². The lowest BCUT2D eigenvalue weighted by Crippen LogP contribution is -2.36. The number of carbonyl (C=O) groups is 2. The fraction of sp³-hybridized carbons (Fsp3) is 0.429. The van der Waals surface area contributed by atoms with Crippen molar-refractivity contribution in [3.05, 3.63) is 34.9 Å². The van der Waals surface area contributed by atoms with Gasteiger partial charge in [-0.15, -0.1) is 0 Å². The number of rotatable bonds is 8. The van der Waals surface area contributed by atoms with Crippen molar-refractivity contribution >= 4 is 24.1 Å². The number of benzene rings is 1. The molecule has 0 saturated heterocycles. The third kappa shape index (κ3) is 5.34. The fourth-order valence-electron chi connectivity index (χ4n) is 1.64. The van der Waals surface area contributed by atoms with E-state index in [-0.39, 0.29) is 0 Å². The predicted molar refractivity (Wildman–Crippen MR) is 77.3 cm³/mol. The molecule has 0 bridgehead atoms. The Morgan fingerprint density at radius 3 is 2.74 bits per heavy atom. The molecule has 0 aliphatic rings. The van der Waals surface area contributed by atoms with Crippen molar-refractivity contribution in [2.45, 2.75) is 32.1 Å². The Balaban J connectivity index is 2.35. The molecule has 0 spiro atoms. The Morgan fingerprint density at radius 2 is 2.16 bits per heavy atom. The number of nitrogens with one attached hydrogen (secondary N) is 1. The number of carboxylic acids is 1. The van der Waals surface area contributed by atoms with E-state index in [1.807, 2.05) is 0 Å². The molecule has 1 rings (SSSR count). The van der Waals surface area contributed by atoms with Gasteiger partial charge >= 0.3 is 5.97 Å². The molecule has 0 aliphatic heterocycles. The van der Waals surface area contributed by atoms with Gasteiger partial charge in [0.2, 0.25) is 6.41 Å². The van der Waals surface area contributed by atoms with Crippen molar-refractivity contribution in [1.29, 1.82) is 0 Å². The number of carbonyl (C=O) groups excluding carboxylic acids is 1. The average molecular weight is 281 g/mol. The van der Waals surface area contributed by atoms with Gasteiger partial charge in [-0.2, -0.15) is 11.8 Å². The van der Waals surface area contributed by atoms with Crippen LogP contribution in [0.25, 0.3) is 0 Å². The molecule has 0 heterocycles. The molecule has 5 heteroatoms. The van der Waals surface area contributed by atoms with Crippen LogP contribution in [0.3, 0.4) is 0 Å². The standard InChI is InChI=1S/C14H19NO3S/c1-10-3-4-12(7-11(10)2)8-19-6-5-13(14(17)18)15-9-16/h3-4,7,9,13H,5-6,8H2,1-2H3,(H,15,16)(H,17,18). The van der Waals surface area contributed by atoms with Crippen molar-refractivity contribution in [1.82, 2.24) is 5.32 Å². The highest BCUT2D eigenvalue weighted by molar-refractivity contribution is 7.98. The Labute approximate surface area is 117 Å². The molecular weight excluding hydrogens is 262 g/mol. The number of hydrogen-bond donors (Lipinski definition) is 2. The summed E-state index contributed by atoms with van der Waals surface area (Å²) in [6.45, 7) is 4.16. The second-order valence-corrected chi connectivity index (χ2v) is 5.54. The highest BCUT2D eigenvalue weighted by Crippen LogP contribution is 2.17. The smallest absolute Gasteiger partial charge is 0.326 e. The van der Waals surface area contributed by atoms with Crippen LogP contribution in [0.5, 0.6) is 0 Å². The first-order valence-electron chi connectivity index (χ1n) is 6.11. The summed E-state index contributed by atoms with van der Waals surface area (Å²) in [6, 6.07) is 5.55. The summed E-state index contributed by atoms with van der Waals surface area (Å²) in [7, 11) is 0. The molecule has 1 unspecified atom stereocenters. The maximum Gasteiger partial charge on any atom is 0.326 e. The summed E-state index contributed by atoms with van der Waals surface area (Å²) in [6.07, 6.45) is 0.871. The molecule has 1 atom stereocenters. The number of aliphatic carboxylic acids is 1. The van der Waals surface area contributed by atoms with Crippen LogP contribution in [0.2, 0.25) is 0 Å². The summed E-state index contributed by atoms with van der Waals surface area (Å²) in [5.74, 6) is 0.568. The van der Waals surface area contributed by atoms with Gasteiger partial charge in [0, 0.05) is 5.75 Å². The molecule has 104 valence electrons. The Hall–Kier alpha value is -1.49. The zero-order chi connectivity index (χ0) is 14.3. The van der Waals surface area contributed by atoms with E-state index in [1.54, 1.807) is 11.8 Å². The predicted octanol–water partition coefficient (Wildman–Crippen LogP) is 2.13. The maximum atomic E-state index is 10.8. The molecule has 0 aromatic heterocycles. The summed E-state index contributed by atoms with van der Waals surface area (Å²) in [4.78, 5) is 21.1. The van der Waals surface area contributed by atoms with Gasteiger partial charge < -0.3 is 10.4 Å². The fourth-order valence-corrected chi connectivity index (χ4v) is 2.61. The van der Waals surface area contributed by atoms with E-state index in [9.17, 15) is 9.59 Å². The molecule has 0 aliphatic carbocycles. The topological polar surface area (TPSA) is 66.4 Å². The molecule has 19 heavy (non-hydrogen) atoms. The van der Waals surface area contributed by atoms with E-state index in [1.165, 1.54) is 16.7 Å². The first-order valence-corrected chi connectivity index (χ1v) is 7.26. The van der Waals surface area contributed by atoms with Crippen LogP contribution < -0.4 is 5.32 Å². The third-order valence-corrected chi connectivity index (χ3v) is 4.02. The summed E-state index contributed by atoms with van der Waals surface area (Å²) >= 11 is 1.67. The van der Waals surface area contributed by atoms with Gasteiger partial charge in [0.15, 0.2) is 0 Å². The quantitative estimate of drug-likeness (QED) is 0.566. The zero-order valence-electron chi connectivity index (χ0n) is 11.2. The van der Waals surface area contributed by atoms with E-state index < -0.39 is 12.0 Å². The van der Waals surface area contributed by atoms with Crippen molar-refractivity contribution in [2.75, 3.05) is 5.75 Å². The SMILES string of the molecule is Cc1ccc(CSCCC(NC=O)C(=O)O)cc1C. The minimum Gasteiger partial charge on any atom is -0.480 e. The molecule has 0 fully saturated rings. The second-order valence-electron chi connectivity index (χ2n) is 4.44. The van der Waals surface area contributed by atoms with Crippen LogP contribution in [-0.4, -0.2) is 29.3 Å². The molecule has 4 nitrogen and oxygen atoms in total. The van der Waals surface area contributed by atoms with Crippen molar-refractivity contribution in [3.8, 4) is 0 Å². The van der Waals surface area contributed by atoms with Crippen LogP contribution >= 0.6 is 11.8 Å². The van der Waals surface area contributed by atoms with E-state index in [4.69, 9.17) is 5.11 Å². The molecular formula is C14H19NO3S. The van der Waals surface area contributed by atoms with Gasteiger partial charge in [-0.05, 0) is 42.7 Å². The Morgan fingerprint density at radius 1 is 1.42 bits per heavy atom. The lowest BCUT2D eigenvalue weighted by atomic mass is 10.1. The van der Waals surface area contributed by atoms with E-state index in [0.29, 0.717) is 18.6 Å². The third-order valence-electron chi connectivity index (χ3n) is 2.96. The summed E-state index contributed by atoms with van der Waals surface area (Å²) in [5, 5.41) is 11.2. The van der Waals surface area contributed by atoms with E-state index >= 15 is 0 Å². The number of carboxylic acid groups (broad SMARTS) is 1.